The fourth-order valence-corrected chi connectivity index (χ4v) is 5.42. The molecule has 0 aromatic carbocycles. The molecule has 0 saturated heterocycles. The van der Waals surface area contributed by atoms with Crippen LogP contribution in [-0.2, 0) is 35.4 Å². The van der Waals surface area contributed by atoms with E-state index in [1.54, 1.807) is 26.8 Å². The Bertz CT molecular complexity index is 1160. The van der Waals surface area contributed by atoms with Crippen LogP contribution in [0.4, 0.5) is 0 Å². The number of ketones is 2. The first-order valence-electron chi connectivity index (χ1n) is 13.9. The number of aryl methyl sites for hydroxylation is 2. The Kier molecular flexibility index (Phi) is 13.4. The number of oxime groups is 1. The van der Waals surface area contributed by atoms with E-state index in [0.29, 0.717) is 48.4 Å². The van der Waals surface area contributed by atoms with Crippen molar-refractivity contribution >= 4 is 29.2 Å². The largest absolute Gasteiger partial charge is 1.00 e. The molecule has 1 aromatic heterocycles. The Morgan fingerprint density at radius 3 is 2.59 bits per heavy atom. The van der Waals surface area contributed by atoms with Crippen LogP contribution >= 0.6 is 0 Å². The third kappa shape index (κ3) is 9.07. The fraction of sp³-hybridized carbons (Fsp3) is 0.655. The summed E-state index contributed by atoms with van der Waals surface area (Å²) in [6.07, 6.45) is 0.665. The second kappa shape index (κ2) is 15.8. The van der Waals surface area contributed by atoms with Crippen LogP contribution in [0.25, 0.3) is 0 Å². The van der Waals surface area contributed by atoms with Gasteiger partial charge in [-0.2, -0.15) is 0 Å². The van der Waals surface area contributed by atoms with Crippen LogP contribution in [0.2, 0.25) is 0 Å². The minimum absolute atomic E-state index is 0. The van der Waals surface area contributed by atoms with E-state index in [4.69, 9.17) is 14.1 Å². The average Bonchev–Trinajstić information content (AvgIpc) is 3.21. The van der Waals surface area contributed by atoms with Crippen LogP contribution < -0.4 is 34.7 Å². The summed E-state index contributed by atoms with van der Waals surface area (Å²) in [7, 11) is 0. The van der Waals surface area contributed by atoms with Crippen LogP contribution in [0.3, 0.4) is 0 Å². The van der Waals surface area contributed by atoms with Gasteiger partial charge in [0.05, 0.1) is 29.0 Å². The Morgan fingerprint density at radius 2 is 1.98 bits per heavy atom. The average molecular weight is 583 g/mol. The van der Waals surface area contributed by atoms with Crippen molar-refractivity contribution in [3.8, 4) is 0 Å². The van der Waals surface area contributed by atoms with Gasteiger partial charge in [-0.3, -0.25) is 14.4 Å². The molecule has 0 aliphatic heterocycles. The molecule has 11 nitrogen and oxygen atoms in total. The van der Waals surface area contributed by atoms with Crippen molar-refractivity contribution in [2.75, 3.05) is 0 Å². The number of esters is 1. The van der Waals surface area contributed by atoms with E-state index in [1.807, 2.05) is 13.8 Å². The minimum atomic E-state index is -1.43. The molecule has 220 valence electrons. The van der Waals surface area contributed by atoms with Crippen molar-refractivity contribution in [2.24, 2.45) is 28.8 Å². The van der Waals surface area contributed by atoms with Crippen LogP contribution in [0, 0.1) is 37.5 Å². The zero-order valence-corrected chi connectivity index (χ0v) is 26.8. The fourth-order valence-electron chi connectivity index (χ4n) is 5.42. The molecule has 1 fully saturated rings. The van der Waals surface area contributed by atoms with Crippen LogP contribution in [0.1, 0.15) is 82.7 Å². The van der Waals surface area contributed by atoms with Gasteiger partial charge in [-0.05, 0) is 57.1 Å². The molecule has 12 heteroatoms. The molecular formula is C29H39N2NaO9. The number of hydrogen-bond donors (Lipinski definition) is 1. The van der Waals surface area contributed by atoms with Gasteiger partial charge in [0.1, 0.15) is 24.3 Å². The molecule has 3 rings (SSSR count). The summed E-state index contributed by atoms with van der Waals surface area (Å²) in [6, 6.07) is 0. The molecule has 1 saturated carbocycles. The SMILES string of the molecule is CCC(C)C(=O)OC1CCC(=NOCc2c(C)noc2C)C2=CC(=O)C(C)C(CCC(=O)CC(O)CC(=O)[O-])C21.[Na+]. The Hall–Kier alpha value is -2.34. The number of carboxylic acid groups (broad SMARTS) is 1. The van der Waals surface area contributed by atoms with Crippen molar-refractivity contribution in [2.45, 2.75) is 98.4 Å². The van der Waals surface area contributed by atoms with E-state index in [0.717, 1.165) is 5.56 Å². The summed E-state index contributed by atoms with van der Waals surface area (Å²) in [4.78, 5) is 54.8. The van der Waals surface area contributed by atoms with E-state index in [2.05, 4.69) is 10.3 Å². The van der Waals surface area contributed by atoms with Gasteiger partial charge >= 0.3 is 35.5 Å². The molecule has 2 aliphatic rings. The zero-order valence-electron chi connectivity index (χ0n) is 24.8. The third-order valence-electron chi connectivity index (χ3n) is 8.08. The number of carbonyl (C=O) groups is 4. The van der Waals surface area contributed by atoms with E-state index in [9.17, 15) is 29.4 Å². The maximum absolute atomic E-state index is 13.1. The summed E-state index contributed by atoms with van der Waals surface area (Å²) >= 11 is 0. The number of hydrogen-bond acceptors (Lipinski definition) is 11. The van der Waals surface area contributed by atoms with Crippen molar-refractivity contribution in [3.63, 3.8) is 0 Å². The Morgan fingerprint density at radius 1 is 1.27 bits per heavy atom. The number of aromatic nitrogens is 1. The summed E-state index contributed by atoms with van der Waals surface area (Å²) < 4.78 is 11.2. The van der Waals surface area contributed by atoms with E-state index in [1.165, 1.54) is 0 Å². The zero-order chi connectivity index (χ0) is 29.6. The predicted octanol–water partition coefficient (Wildman–Crippen LogP) is -0.462. The first-order chi connectivity index (χ1) is 18.9. The molecule has 41 heavy (non-hydrogen) atoms. The number of ether oxygens (including phenoxy) is 1. The van der Waals surface area contributed by atoms with Crippen molar-refractivity contribution in [1.29, 1.82) is 0 Å². The molecule has 6 atom stereocenters. The van der Waals surface area contributed by atoms with E-state index >= 15 is 0 Å². The van der Waals surface area contributed by atoms with Gasteiger partial charge in [-0.1, -0.05) is 31.1 Å². The smallest absolute Gasteiger partial charge is 0.550 e. The number of aliphatic carboxylic acids is 1. The molecule has 1 N–H and O–H groups in total. The van der Waals surface area contributed by atoms with Crippen molar-refractivity contribution < 1.29 is 73.0 Å². The summed E-state index contributed by atoms with van der Waals surface area (Å²) in [6.45, 7) is 9.24. The van der Waals surface area contributed by atoms with Gasteiger partial charge in [0.25, 0.3) is 0 Å². The first kappa shape index (κ1) is 34.9. The second-order valence-corrected chi connectivity index (χ2v) is 10.9. The number of carboxylic acids is 1. The summed E-state index contributed by atoms with van der Waals surface area (Å²) in [5.74, 6) is -2.99. The number of aliphatic hydroxyl groups excluding tert-OH is 1. The minimum Gasteiger partial charge on any atom is -0.550 e. The Balaban J connectivity index is 0.00000588. The van der Waals surface area contributed by atoms with Gasteiger partial charge in [-0.15, -0.1) is 0 Å². The van der Waals surface area contributed by atoms with Gasteiger partial charge in [0.2, 0.25) is 0 Å². The second-order valence-electron chi connectivity index (χ2n) is 10.9. The van der Waals surface area contributed by atoms with Crippen LogP contribution in [0.5, 0.6) is 0 Å². The van der Waals surface area contributed by atoms with Gasteiger partial charge < -0.3 is 29.1 Å². The van der Waals surface area contributed by atoms with Crippen LogP contribution in [-0.4, -0.2) is 51.7 Å². The number of fused-ring (bicyclic) bond motifs is 1. The molecule has 6 unspecified atom stereocenters. The number of Topliss-reactive ketones (excluding diaryl/α,β-unsaturated/α-hetero) is 1. The first-order valence-corrected chi connectivity index (χ1v) is 13.9. The molecule has 1 heterocycles. The topological polar surface area (TPSA) is 168 Å². The molecule has 0 spiro atoms. The molecule has 1 aromatic rings. The molecule has 2 aliphatic carbocycles. The molecular weight excluding hydrogens is 543 g/mol. The van der Waals surface area contributed by atoms with Gasteiger partial charge in [0.15, 0.2) is 5.78 Å². The molecule has 0 amide bonds. The quantitative estimate of drug-likeness (QED) is 0.182. The van der Waals surface area contributed by atoms with E-state index < -0.39 is 30.5 Å². The summed E-state index contributed by atoms with van der Waals surface area (Å²) in [5.41, 5.74) is 2.72. The normalized spacial score (nSPS) is 24.5. The number of rotatable bonds is 13. The number of allylic oxidation sites excluding steroid dienone is 1. The number of nitrogens with zero attached hydrogens (tertiary/aromatic N) is 2. The van der Waals surface area contributed by atoms with Crippen molar-refractivity contribution in [3.05, 3.63) is 28.7 Å². The van der Waals surface area contributed by atoms with Gasteiger partial charge in [0, 0.05) is 37.1 Å². The maximum Gasteiger partial charge on any atom is 1.00 e. The van der Waals surface area contributed by atoms with Gasteiger partial charge in [-0.25, -0.2) is 0 Å². The maximum atomic E-state index is 13.1. The van der Waals surface area contributed by atoms with Crippen molar-refractivity contribution in [1.82, 2.24) is 5.16 Å². The molecule has 0 radical (unpaired) electrons. The Labute approximate surface area is 262 Å². The third-order valence-corrected chi connectivity index (χ3v) is 8.08. The standard InChI is InChI=1S/C29H40N2O9.Na/c1-6-15(2)29(37)39-26-10-9-24(31-38-14-23-17(4)30-40-18(23)5)22-13-25(34)16(3)21(28(22)26)8-7-19(32)11-20(33)12-27(35)36;/h13,15-16,20-21,26,28,33H,6-12,14H2,1-5H3,(H,35,36);/q;+1/p-1. The van der Waals surface area contributed by atoms with Crippen LogP contribution in [0.15, 0.2) is 21.3 Å². The number of aliphatic hydroxyl groups is 1. The number of carbonyl (C=O) groups excluding carboxylic acids is 4. The molecule has 0 bridgehead atoms. The van der Waals surface area contributed by atoms with E-state index in [-0.39, 0.29) is 84.3 Å². The summed E-state index contributed by atoms with van der Waals surface area (Å²) in [5, 5.41) is 28.9. The predicted molar refractivity (Wildman–Crippen MR) is 140 cm³/mol. The monoisotopic (exact) mass is 582 g/mol.